The predicted octanol–water partition coefficient (Wildman–Crippen LogP) is 3.37. The van der Waals surface area contributed by atoms with E-state index in [4.69, 9.17) is 4.42 Å². The molecule has 0 unspecified atom stereocenters. The van der Waals surface area contributed by atoms with E-state index in [2.05, 4.69) is 40.2 Å². The van der Waals surface area contributed by atoms with E-state index >= 15 is 0 Å². The molecule has 1 aromatic carbocycles. The molecule has 4 rings (SSSR count). The zero-order chi connectivity index (χ0) is 15.1. The number of aromatic nitrogens is 3. The van der Waals surface area contributed by atoms with Gasteiger partial charge in [-0.05, 0) is 30.7 Å². The molecule has 3 heterocycles. The third kappa shape index (κ3) is 2.11. The fourth-order valence-corrected chi connectivity index (χ4v) is 2.72. The highest BCUT2D eigenvalue weighted by Crippen LogP contribution is 2.30. The Bertz CT molecular complexity index is 900. The molecule has 1 aliphatic rings. The van der Waals surface area contributed by atoms with Gasteiger partial charge in [-0.2, -0.15) is 5.10 Å². The molecule has 0 atom stereocenters. The molecule has 5 nitrogen and oxygen atoms in total. The summed E-state index contributed by atoms with van der Waals surface area (Å²) in [6.07, 6.45) is 9.82. The molecule has 0 bridgehead atoms. The maximum absolute atomic E-state index is 5.30. The Kier molecular flexibility index (Phi) is 2.85. The summed E-state index contributed by atoms with van der Waals surface area (Å²) in [6, 6.07) is 6.06. The topological polar surface area (TPSA) is 47.1 Å². The quantitative estimate of drug-likeness (QED) is 0.726. The van der Waals surface area contributed by atoms with Crippen LogP contribution in [0.1, 0.15) is 12.5 Å². The van der Waals surface area contributed by atoms with E-state index in [-0.39, 0.29) is 0 Å². The van der Waals surface area contributed by atoms with Gasteiger partial charge in [-0.1, -0.05) is 6.08 Å². The number of hydrogen-bond acceptors (Lipinski definition) is 4. The SMILES string of the molecule is CC1=CCN(c2ccc3ocnc3c2)C=C1c1cnn(C)c1. The van der Waals surface area contributed by atoms with Crippen LogP contribution in [0.2, 0.25) is 0 Å². The second kappa shape index (κ2) is 4.87. The number of aryl methyl sites for hydroxylation is 1. The molecule has 0 spiro atoms. The average molecular weight is 292 g/mol. The minimum Gasteiger partial charge on any atom is -0.443 e. The maximum Gasteiger partial charge on any atom is 0.181 e. The minimum atomic E-state index is 0.809. The second-order valence-corrected chi connectivity index (χ2v) is 5.49. The first-order chi connectivity index (χ1) is 10.7. The number of rotatable bonds is 2. The molecule has 0 amide bonds. The molecule has 0 fully saturated rings. The Hall–Kier alpha value is -2.82. The third-order valence-electron chi connectivity index (χ3n) is 3.97. The third-order valence-corrected chi connectivity index (χ3v) is 3.97. The van der Waals surface area contributed by atoms with Gasteiger partial charge in [-0.25, -0.2) is 4.98 Å². The molecule has 2 aromatic heterocycles. The van der Waals surface area contributed by atoms with Crippen LogP contribution in [0.4, 0.5) is 5.69 Å². The van der Waals surface area contributed by atoms with Crippen LogP contribution in [-0.4, -0.2) is 21.3 Å². The van der Waals surface area contributed by atoms with Crippen LogP contribution in [0.25, 0.3) is 16.7 Å². The van der Waals surface area contributed by atoms with E-state index in [0.717, 1.165) is 28.9 Å². The molecule has 0 saturated heterocycles. The Morgan fingerprint density at radius 2 is 2.18 bits per heavy atom. The zero-order valence-electron chi connectivity index (χ0n) is 12.5. The molecular weight excluding hydrogens is 276 g/mol. The molecule has 0 radical (unpaired) electrons. The van der Waals surface area contributed by atoms with E-state index < -0.39 is 0 Å². The van der Waals surface area contributed by atoms with Gasteiger partial charge in [0.15, 0.2) is 12.0 Å². The largest absolute Gasteiger partial charge is 0.443 e. The van der Waals surface area contributed by atoms with E-state index in [1.807, 2.05) is 36.3 Å². The van der Waals surface area contributed by atoms with E-state index in [1.54, 1.807) is 0 Å². The van der Waals surface area contributed by atoms with Crippen molar-refractivity contribution in [1.29, 1.82) is 0 Å². The van der Waals surface area contributed by atoms with Crippen molar-refractivity contribution < 1.29 is 4.42 Å². The van der Waals surface area contributed by atoms with Crippen molar-refractivity contribution in [2.75, 3.05) is 11.4 Å². The lowest BCUT2D eigenvalue weighted by atomic mass is 10.00. The van der Waals surface area contributed by atoms with Crippen LogP contribution in [0.5, 0.6) is 0 Å². The van der Waals surface area contributed by atoms with Crippen molar-refractivity contribution in [3.63, 3.8) is 0 Å². The van der Waals surface area contributed by atoms with Crippen LogP contribution in [0.3, 0.4) is 0 Å². The van der Waals surface area contributed by atoms with Gasteiger partial charge >= 0.3 is 0 Å². The van der Waals surface area contributed by atoms with Gasteiger partial charge in [0, 0.05) is 42.8 Å². The van der Waals surface area contributed by atoms with E-state index in [9.17, 15) is 0 Å². The summed E-state index contributed by atoms with van der Waals surface area (Å²) in [5.41, 5.74) is 6.38. The van der Waals surface area contributed by atoms with Crippen LogP contribution in [0, 0.1) is 0 Å². The Labute approximate surface area is 128 Å². The molecule has 22 heavy (non-hydrogen) atoms. The zero-order valence-corrected chi connectivity index (χ0v) is 12.5. The highest BCUT2D eigenvalue weighted by molar-refractivity contribution is 5.83. The standard InChI is InChI=1S/C17H16N4O/c1-12-5-6-21(10-15(12)13-8-19-20(2)9-13)14-3-4-17-16(7-14)18-11-22-17/h3-5,7-11H,6H2,1-2H3. The van der Waals surface area contributed by atoms with Crippen molar-refractivity contribution >= 4 is 22.4 Å². The smallest absolute Gasteiger partial charge is 0.181 e. The second-order valence-electron chi connectivity index (χ2n) is 5.49. The summed E-state index contributed by atoms with van der Waals surface area (Å²) < 4.78 is 7.13. The lowest BCUT2D eigenvalue weighted by molar-refractivity contribution is 0.602. The van der Waals surface area contributed by atoms with Crippen LogP contribution in [-0.2, 0) is 7.05 Å². The van der Waals surface area contributed by atoms with Crippen LogP contribution in [0.15, 0.2) is 59.3 Å². The summed E-state index contributed by atoms with van der Waals surface area (Å²) >= 11 is 0. The maximum atomic E-state index is 5.30. The minimum absolute atomic E-state index is 0.809. The van der Waals surface area contributed by atoms with Crippen molar-refractivity contribution in [2.24, 2.45) is 7.05 Å². The van der Waals surface area contributed by atoms with Crippen LogP contribution < -0.4 is 4.90 Å². The summed E-state index contributed by atoms with van der Waals surface area (Å²) in [4.78, 5) is 6.44. The Morgan fingerprint density at radius 3 is 3.00 bits per heavy atom. The Morgan fingerprint density at radius 1 is 1.27 bits per heavy atom. The van der Waals surface area contributed by atoms with Crippen LogP contribution >= 0.6 is 0 Å². The van der Waals surface area contributed by atoms with Gasteiger partial charge in [0.2, 0.25) is 0 Å². The van der Waals surface area contributed by atoms with E-state index in [0.29, 0.717) is 0 Å². The van der Waals surface area contributed by atoms with Crippen molar-refractivity contribution in [3.8, 4) is 0 Å². The van der Waals surface area contributed by atoms with Gasteiger partial charge in [0.05, 0.1) is 6.20 Å². The fourth-order valence-electron chi connectivity index (χ4n) is 2.72. The normalized spacial score (nSPS) is 15.1. The fraction of sp³-hybridized carbons (Fsp3) is 0.176. The average Bonchev–Trinajstić information content (AvgIpc) is 3.15. The summed E-state index contributed by atoms with van der Waals surface area (Å²) in [5, 5.41) is 4.27. The Balaban J connectivity index is 1.74. The molecular formula is C17H16N4O. The van der Waals surface area contributed by atoms with Gasteiger partial charge in [0.25, 0.3) is 0 Å². The summed E-state index contributed by atoms with van der Waals surface area (Å²) in [6.45, 7) is 2.98. The van der Waals surface area contributed by atoms with Crippen molar-refractivity contribution in [2.45, 2.75) is 6.92 Å². The first-order valence-electron chi connectivity index (χ1n) is 7.18. The summed E-state index contributed by atoms with van der Waals surface area (Å²) in [5.74, 6) is 0. The molecule has 1 aliphatic heterocycles. The molecule has 0 aliphatic carbocycles. The highest BCUT2D eigenvalue weighted by Gasteiger charge is 2.15. The van der Waals surface area contributed by atoms with E-state index in [1.165, 1.54) is 17.5 Å². The molecule has 0 N–H and O–H groups in total. The number of oxazole rings is 1. The molecule has 3 aromatic rings. The number of hydrogen-bond donors (Lipinski definition) is 0. The monoisotopic (exact) mass is 292 g/mol. The first-order valence-corrected chi connectivity index (χ1v) is 7.18. The predicted molar refractivity (Wildman–Crippen MR) is 86.3 cm³/mol. The van der Waals surface area contributed by atoms with Gasteiger partial charge in [0.1, 0.15) is 5.52 Å². The van der Waals surface area contributed by atoms with Crippen molar-refractivity contribution in [3.05, 3.63) is 60.4 Å². The number of nitrogens with zero attached hydrogens (tertiary/aromatic N) is 4. The number of allylic oxidation sites excluding steroid dienone is 2. The number of anilines is 1. The molecule has 5 heteroatoms. The van der Waals surface area contributed by atoms with Crippen molar-refractivity contribution in [1.82, 2.24) is 14.8 Å². The number of benzene rings is 1. The lowest BCUT2D eigenvalue weighted by Crippen LogP contribution is -2.20. The molecule has 0 saturated carbocycles. The van der Waals surface area contributed by atoms with Gasteiger partial charge in [-0.15, -0.1) is 0 Å². The molecule has 110 valence electrons. The van der Waals surface area contributed by atoms with Gasteiger partial charge in [-0.3, -0.25) is 4.68 Å². The summed E-state index contributed by atoms with van der Waals surface area (Å²) in [7, 11) is 1.93. The number of fused-ring (bicyclic) bond motifs is 1. The highest BCUT2D eigenvalue weighted by atomic mass is 16.3. The lowest BCUT2D eigenvalue weighted by Gasteiger charge is -2.25. The van der Waals surface area contributed by atoms with Gasteiger partial charge < -0.3 is 9.32 Å². The first kappa shape index (κ1) is 12.9.